The highest BCUT2D eigenvalue weighted by Gasteiger charge is 2.20. The smallest absolute Gasteiger partial charge is 0.223 e. The largest absolute Gasteiger partial charge is 0.313 e. The van der Waals surface area contributed by atoms with E-state index in [0.29, 0.717) is 0 Å². The van der Waals surface area contributed by atoms with Gasteiger partial charge in [-0.15, -0.1) is 0 Å². The second-order valence-electron chi connectivity index (χ2n) is 7.32. The Morgan fingerprint density at radius 1 is 1.00 bits per heavy atom. The van der Waals surface area contributed by atoms with Gasteiger partial charge < -0.3 is 9.80 Å². The van der Waals surface area contributed by atoms with Crippen LogP contribution < -0.4 is 4.90 Å². The molecule has 0 bridgehead atoms. The zero-order valence-electron chi connectivity index (χ0n) is 15.8. The SMILES string of the molecule is CC(=O)N(CCC1CCN(CCc2ccccc2)CC1)c1ccccc1. The first-order valence-corrected chi connectivity index (χ1v) is 9.82. The molecule has 2 aromatic rings. The van der Waals surface area contributed by atoms with Gasteiger partial charge in [-0.3, -0.25) is 4.79 Å². The van der Waals surface area contributed by atoms with Gasteiger partial charge in [-0.2, -0.15) is 0 Å². The maximum absolute atomic E-state index is 12.0. The lowest BCUT2D eigenvalue weighted by Gasteiger charge is -2.33. The van der Waals surface area contributed by atoms with E-state index >= 15 is 0 Å². The van der Waals surface area contributed by atoms with Crippen LogP contribution in [0, 0.1) is 5.92 Å². The number of nitrogens with zero attached hydrogens (tertiary/aromatic N) is 2. The Labute approximate surface area is 157 Å². The van der Waals surface area contributed by atoms with Gasteiger partial charge in [-0.25, -0.2) is 0 Å². The summed E-state index contributed by atoms with van der Waals surface area (Å²) in [5, 5.41) is 0. The number of likely N-dealkylation sites (tertiary alicyclic amines) is 1. The fourth-order valence-electron chi connectivity index (χ4n) is 3.82. The molecular formula is C23H30N2O. The summed E-state index contributed by atoms with van der Waals surface area (Å²) in [6.45, 7) is 6.01. The van der Waals surface area contributed by atoms with Crippen LogP contribution in [0.5, 0.6) is 0 Å². The Kier molecular flexibility index (Phi) is 6.84. The van der Waals surface area contributed by atoms with E-state index in [1.165, 1.54) is 31.5 Å². The van der Waals surface area contributed by atoms with Gasteiger partial charge in [0, 0.05) is 25.7 Å². The molecule has 1 heterocycles. The molecule has 0 atom stereocenters. The van der Waals surface area contributed by atoms with Crippen LogP contribution >= 0.6 is 0 Å². The van der Waals surface area contributed by atoms with E-state index in [2.05, 4.69) is 35.2 Å². The average Bonchev–Trinajstić information content (AvgIpc) is 2.69. The lowest BCUT2D eigenvalue weighted by atomic mass is 9.93. The summed E-state index contributed by atoms with van der Waals surface area (Å²) >= 11 is 0. The molecule has 0 spiro atoms. The molecule has 0 radical (unpaired) electrons. The second kappa shape index (κ2) is 9.54. The van der Waals surface area contributed by atoms with Crippen LogP contribution in [0.3, 0.4) is 0 Å². The van der Waals surface area contributed by atoms with Crippen molar-refractivity contribution in [2.45, 2.75) is 32.6 Å². The molecule has 0 aliphatic carbocycles. The summed E-state index contributed by atoms with van der Waals surface area (Å²) in [5.41, 5.74) is 2.44. The molecule has 1 saturated heterocycles. The molecule has 3 rings (SSSR count). The fourth-order valence-corrected chi connectivity index (χ4v) is 3.82. The van der Waals surface area contributed by atoms with Crippen LogP contribution in [-0.4, -0.2) is 37.0 Å². The number of para-hydroxylation sites is 1. The van der Waals surface area contributed by atoms with Crippen molar-refractivity contribution >= 4 is 11.6 Å². The van der Waals surface area contributed by atoms with Gasteiger partial charge in [-0.05, 0) is 62.4 Å². The van der Waals surface area contributed by atoms with Gasteiger partial charge in [0.2, 0.25) is 5.91 Å². The van der Waals surface area contributed by atoms with Crippen molar-refractivity contribution in [3.05, 3.63) is 66.2 Å². The predicted octanol–water partition coefficient (Wildman–Crippen LogP) is 4.38. The molecular weight excluding hydrogens is 320 g/mol. The first-order valence-electron chi connectivity index (χ1n) is 9.82. The van der Waals surface area contributed by atoms with Crippen molar-refractivity contribution in [2.75, 3.05) is 31.1 Å². The number of piperidine rings is 1. The molecule has 1 aliphatic heterocycles. The zero-order chi connectivity index (χ0) is 18.2. The minimum Gasteiger partial charge on any atom is -0.313 e. The van der Waals surface area contributed by atoms with Gasteiger partial charge in [-0.1, -0.05) is 48.5 Å². The molecule has 138 valence electrons. The predicted molar refractivity (Wildman–Crippen MR) is 108 cm³/mol. The molecule has 0 unspecified atom stereocenters. The summed E-state index contributed by atoms with van der Waals surface area (Å²) in [6, 6.07) is 20.8. The minimum absolute atomic E-state index is 0.136. The maximum atomic E-state index is 12.0. The number of anilines is 1. The van der Waals surface area contributed by atoms with Crippen LogP contribution in [0.1, 0.15) is 31.7 Å². The standard InChI is InChI=1S/C23H30N2O/c1-20(26)25(23-10-6-3-7-11-23)19-15-22-13-17-24(18-14-22)16-12-21-8-4-2-5-9-21/h2-11,22H,12-19H2,1H3. The third-order valence-corrected chi connectivity index (χ3v) is 5.48. The van der Waals surface area contributed by atoms with Gasteiger partial charge >= 0.3 is 0 Å². The van der Waals surface area contributed by atoms with Gasteiger partial charge in [0.15, 0.2) is 0 Å². The molecule has 0 saturated carbocycles. The number of benzene rings is 2. The highest BCUT2D eigenvalue weighted by molar-refractivity contribution is 5.91. The summed E-state index contributed by atoms with van der Waals surface area (Å²) in [5.74, 6) is 0.866. The maximum Gasteiger partial charge on any atom is 0.223 e. The fraction of sp³-hybridized carbons (Fsp3) is 0.435. The lowest BCUT2D eigenvalue weighted by molar-refractivity contribution is -0.116. The van der Waals surface area contributed by atoms with Gasteiger partial charge in [0.05, 0.1) is 0 Å². The number of hydrogen-bond donors (Lipinski definition) is 0. The summed E-state index contributed by atoms with van der Waals surface area (Å²) in [6.07, 6.45) is 4.73. The number of amides is 1. The number of carbonyl (C=O) groups is 1. The monoisotopic (exact) mass is 350 g/mol. The summed E-state index contributed by atoms with van der Waals surface area (Å²) in [4.78, 5) is 16.5. The summed E-state index contributed by atoms with van der Waals surface area (Å²) < 4.78 is 0. The van der Waals surface area contributed by atoms with Crippen LogP contribution in [0.25, 0.3) is 0 Å². The van der Waals surface area contributed by atoms with Crippen molar-refractivity contribution in [1.82, 2.24) is 4.90 Å². The topological polar surface area (TPSA) is 23.6 Å². The quantitative estimate of drug-likeness (QED) is 0.740. The van der Waals surface area contributed by atoms with Crippen LogP contribution in [0.15, 0.2) is 60.7 Å². The lowest BCUT2D eigenvalue weighted by Crippen LogP contribution is -2.37. The third-order valence-electron chi connectivity index (χ3n) is 5.48. The Morgan fingerprint density at radius 3 is 2.23 bits per heavy atom. The zero-order valence-corrected chi connectivity index (χ0v) is 15.8. The number of carbonyl (C=O) groups excluding carboxylic acids is 1. The Morgan fingerprint density at radius 2 is 1.62 bits per heavy atom. The number of hydrogen-bond acceptors (Lipinski definition) is 2. The van der Waals surface area contributed by atoms with Crippen molar-refractivity contribution in [1.29, 1.82) is 0 Å². The van der Waals surface area contributed by atoms with E-state index in [1.54, 1.807) is 6.92 Å². The van der Waals surface area contributed by atoms with Gasteiger partial charge in [0.1, 0.15) is 0 Å². The van der Waals surface area contributed by atoms with Crippen molar-refractivity contribution in [3.63, 3.8) is 0 Å². The molecule has 1 fully saturated rings. The second-order valence-corrected chi connectivity index (χ2v) is 7.32. The molecule has 3 nitrogen and oxygen atoms in total. The molecule has 0 N–H and O–H groups in total. The Balaban J connectivity index is 1.41. The van der Waals surface area contributed by atoms with Crippen LogP contribution in [0.2, 0.25) is 0 Å². The minimum atomic E-state index is 0.136. The molecule has 1 aliphatic rings. The average molecular weight is 351 g/mol. The van der Waals surface area contributed by atoms with Crippen LogP contribution in [0.4, 0.5) is 5.69 Å². The Hall–Kier alpha value is -2.13. The molecule has 0 aromatic heterocycles. The first kappa shape index (κ1) is 18.7. The van der Waals surface area contributed by atoms with E-state index in [1.807, 2.05) is 35.2 Å². The number of rotatable bonds is 7. The third kappa shape index (κ3) is 5.43. The van der Waals surface area contributed by atoms with E-state index in [4.69, 9.17) is 0 Å². The molecule has 3 heteroatoms. The van der Waals surface area contributed by atoms with Crippen molar-refractivity contribution < 1.29 is 4.79 Å². The molecule has 2 aromatic carbocycles. The molecule has 1 amide bonds. The van der Waals surface area contributed by atoms with E-state index in [0.717, 1.165) is 37.5 Å². The van der Waals surface area contributed by atoms with Crippen molar-refractivity contribution in [3.8, 4) is 0 Å². The summed E-state index contributed by atoms with van der Waals surface area (Å²) in [7, 11) is 0. The Bertz CT molecular complexity index is 663. The normalized spacial score (nSPS) is 15.7. The highest BCUT2D eigenvalue weighted by Crippen LogP contribution is 2.23. The van der Waals surface area contributed by atoms with E-state index in [-0.39, 0.29) is 5.91 Å². The van der Waals surface area contributed by atoms with Crippen LogP contribution in [-0.2, 0) is 11.2 Å². The van der Waals surface area contributed by atoms with Gasteiger partial charge in [0.25, 0.3) is 0 Å². The first-order chi connectivity index (χ1) is 12.7. The van der Waals surface area contributed by atoms with E-state index < -0.39 is 0 Å². The van der Waals surface area contributed by atoms with E-state index in [9.17, 15) is 4.79 Å². The van der Waals surface area contributed by atoms with Crippen molar-refractivity contribution in [2.24, 2.45) is 5.92 Å². The molecule has 26 heavy (non-hydrogen) atoms. The highest BCUT2D eigenvalue weighted by atomic mass is 16.2.